The number of hydrogen-bond acceptors (Lipinski definition) is 4. The smallest absolute Gasteiger partial charge is 0.267 e. The molecule has 4 nitrogen and oxygen atoms in total. The van der Waals surface area contributed by atoms with Gasteiger partial charge in [-0.2, -0.15) is 4.21 Å². The van der Waals surface area contributed by atoms with Crippen molar-refractivity contribution in [1.82, 2.24) is 4.98 Å². The molecule has 1 saturated heterocycles. The van der Waals surface area contributed by atoms with Gasteiger partial charge in [-0.25, -0.2) is 0 Å². The average molecular weight is 213 g/mol. The summed E-state index contributed by atoms with van der Waals surface area (Å²) in [5, 5.41) is 0. The van der Waals surface area contributed by atoms with Crippen LogP contribution in [0.25, 0.3) is 0 Å². The number of rotatable bonds is 1. The third kappa shape index (κ3) is 1.84. The summed E-state index contributed by atoms with van der Waals surface area (Å²) < 4.78 is 20.8. The lowest BCUT2D eigenvalue weighted by atomic mass is 9.85. The summed E-state index contributed by atoms with van der Waals surface area (Å²) in [5.74, 6) is 0. The Morgan fingerprint density at radius 1 is 1.36 bits per heavy atom. The Morgan fingerprint density at radius 3 is 2.50 bits per heavy atom. The third-order valence-corrected chi connectivity index (χ3v) is 2.95. The summed E-state index contributed by atoms with van der Waals surface area (Å²) in [6.45, 7) is 2.83. The van der Waals surface area contributed by atoms with Crippen LogP contribution in [0.1, 0.15) is 12.5 Å². The average Bonchev–Trinajstić information content (AvgIpc) is 2.24. The molecule has 76 valence electrons. The van der Waals surface area contributed by atoms with Gasteiger partial charge in [0, 0.05) is 17.8 Å². The molecule has 5 heteroatoms. The molecule has 2 rings (SSSR count). The first kappa shape index (κ1) is 9.76. The normalized spacial score (nSPS) is 32.8. The highest BCUT2D eigenvalue weighted by Crippen LogP contribution is 2.27. The van der Waals surface area contributed by atoms with Crippen LogP contribution < -0.4 is 0 Å². The van der Waals surface area contributed by atoms with Crippen molar-refractivity contribution < 1.29 is 12.6 Å². The van der Waals surface area contributed by atoms with Gasteiger partial charge in [0.15, 0.2) is 0 Å². The van der Waals surface area contributed by atoms with E-state index in [2.05, 4.69) is 4.98 Å². The van der Waals surface area contributed by atoms with E-state index < -0.39 is 11.4 Å². The maximum absolute atomic E-state index is 10.8. The lowest BCUT2D eigenvalue weighted by Crippen LogP contribution is -2.38. The van der Waals surface area contributed by atoms with Crippen LogP contribution in [0.5, 0.6) is 0 Å². The highest BCUT2D eigenvalue weighted by atomic mass is 32.2. The van der Waals surface area contributed by atoms with Gasteiger partial charge in [-0.05, 0) is 17.7 Å². The van der Waals surface area contributed by atoms with Crippen LogP contribution in [0.3, 0.4) is 0 Å². The number of pyridine rings is 1. The zero-order valence-corrected chi connectivity index (χ0v) is 8.62. The summed E-state index contributed by atoms with van der Waals surface area (Å²) in [4.78, 5) is 3.94. The summed E-state index contributed by atoms with van der Waals surface area (Å²) >= 11 is -1.58. The van der Waals surface area contributed by atoms with E-state index in [-0.39, 0.29) is 5.41 Å². The molecule has 0 aromatic carbocycles. The second-order valence-corrected chi connectivity index (χ2v) is 4.40. The number of aromatic nitrogens is 1. The van der Waals surface area contributed by atoms with E-state index in [9.17, 15) is 4.21 Å². The molecule has 1 aliphatic rings. The summed E-state index contributed by atoms with van der Waals surface area (Å²) in [7, 11) is 0. The molecule has 1 aliphatic heterocycles. The first-order valence-corrected chi connectivity index (χ1v) is 5.29. The lowest BCUT2D eigenvalue weighted by Gasteiger charge is -2.31. The second-order valence-electron chi connectivity index (χ2n) is 3.53. The minimum Gasteiger partial charge on any atom is -0.267 e. The van der Waals surface area contributed by atoms with Crippen molar-refractivity contribution in [1.29, 1.82) is 0 Å². The summed E-state index contributed by atoms with van der Waals surface area (Å²) in [6.07, 6.45) is 3.46. The molecule has 0 radical (unpaired) electrons. The molecule has 1 aromatic heterocycles. The molecule has 0 spiro atoms. The van der Waals surface area contributed by atoms with Crippen molar-refractivity contribution in [2.45, 2.75) is 12.3 Å². The molecule has 0 bridgehead atoms. The fourth-order valence-electron chi connectivity index (χ4n) is 1.35. The molecule has 14 heavy (non-hydrogen) atoms. The second kappa shape index (κ2) is 3.76. The predicted molar refractivity (Wildman–Crippen MR) is 51.6 cm³/mol. The Morgan fingerprint density at radius 2 is 1.93 bits per heavy atom. The van der Waals surface area contributed by atoms with Crippen LogP contribution in [0.4, 0.5) is 0 Å². The first-order valence-electron chi connectivity index (χ1n) is 4.29. The summed E-state index contributed by atoms with van der Waals surface area (Å²) in [6, 6.07) is 3.84. The lowest BCUT2D eigenvalue weighted by molar-refractivity contribution is 0.105. The van der Waals surface area contributed by atoms with E-state index in [0.717, 1.165) is 5.56 Å². The fraction of sp³-hybridized carbons (Fsp3) is 0.444. The zero-order chi connectivity index (χ0) is 10.0. The topological polar surface area (TPSA) is 48.4 Å². The predicted octanol–water partition coefficient (Wildman–Crippen LogP) is 0.965. The van der Waals surface area contributed by atoms with Crippen LogP contribution >= 0.6 is 0 Å². The molecule has 0 saturated carbocycles. The molecule has 1 aromatic rings. The molecule has 0 aliphatic carbocycles. The van der Waals surface area contributed by atoms with Gasteiger partial charge in [0.05, 0.1) is 13.2 Å². The van der Waals surface area contributed by atoms with Crippen LogP contribution in [0.2, 0.25) is 0 Å². The molecular formula is C9H11NO3S. The van der Waals surface area contributed by atoms with Crippen molar-refractivity contribution in [3.63, 3.8) is 0 Å². The zero-order valence-electron chi connectivity index (χ0n) is 7.80. The van der Waals surface area contributed by atoms with E-state index >= 15 is 0 Å². The Labute approximate surface area is 85.1 Å². The van der Waals surface area contributed by atoms with E-state index in [1.807, 2.05) is 19.1 Å². The van der Waals surface area contributed by atoms with Gasteiger partial charge in [-0.15, -0.1) is 0 Å². The van der Waals surface area contributed by atoms with Crippen molar-refractivity contribution >= 4 is 11.4 Å². The Balaban J connectivity index is 2.21. The van der Waals surface area contributed by atoms with Crippen molar-refractivity contribution in [3.8, 4) is 0 Å². The molecular weight excluding hydrogens is 202 g/mol. The molecule has 0 N–H and O–H groups in total. The van der Waals surface area contributed by atoms with E-state index in [1.54, 1.807) is 12.4 Å². The largest absolute Gasteiger partial charge is 0.304 e. The monoisotopic (exact) mass is 213 g/mol. The van der Waals surface area contributed by atoms with Crippen molar-refractivity contribution in [3.05, 3.63) is 30.1 Å². The van der Waals surface area contributed by atoms with Gasteiger partial charge >= 0.3 is 11.4 Å². The van der Waals surface area contributed by atoms with Gasteiger partial charge in [0.2, 0.25) is 0 Å². The van der Waals surface area contributed by atoms with E-state index in [4.69, 9.17) is 8.37 Å². The first-order chi connectivity index (χ1) is 6.71. The maximum Gasteiger partial charge on any atom is 0.304 e. The Bertz CT molecular complexity index is 331. The SMILES string of the molecule is CC1(c2ccncc2)COS(=O)OC1. The minimum absolute atomic E-state index is 0.225. The van der Waals surface area contributed by atoms with Crippen molar-refractivity contribution in [2.75, 3.05) is 13.2 Å². The molecule has 2 heterocycles. The van der Waals surface area contributed by atoms with Gasteiger partial charge < -0.3 is 0 Å². The van der Waals surface area contributed by atoms with Gasteiger partial charge in [0.25, 0.3) is 0 Å². The Hall–Kier alpha value is -0.780. The fourth-order valence-corrected chi connectivity index (χ4v) is 2.13. The standard InChI is InChI=1S/C9H11NO3S/c1-9(6-12-14(11)13-7-9)8-2-4-10-5-3-8/h2-5H,6-7H2,1H3. The highest BCUT2D eigenvalue weighted by Gasteiger charge is 2.33. The Kier molecular flexibility index (Phi) is 2.62. The van der Waals surface area contributed by atoms with Crippen molar-refractivity contribution in [2.24, 2.45) is 0 Å². The molecule has 1 fully saturated rings. The molecule has 0 atom stereocenters. The highest BCUT2D eigenvalue weighted by molar-refractivity contribution is 7.75. The maximum atomic E-state index is 10.8. The molecule has 0 amide bonds. The van der Waals surface area contributed by atoms with Crippen LogP contribution in [0.15, 0.2) is 24.5 Å². The minimum atomic E-state index is -1.58. The van der Waals surface area contributed by atoms with E-state index in [0.29, 0.717) is 13.2 Å². The van der Waals surface area contributed by atoms with Gasteiger partial charge in [-0.1, -0.05) is 6.92 Å². The van der Waals surface area contributed by atoms with Crippen LogP contribution in [0, 0.1) is 0 Å². The van der Waals surface area contributed by atoms with Crippen LogP contribution in [-0.2, 0) is 25.1 Å². The number of nitrogens with zero attached hydrogens (tertiary/aromatic N) is 1. The van der Waals surface area contributed by atoms with Gasteiger partial charge in [-0.3, -0.25) is 13.4 Å². The quantitative estimate of drug-likeness (QED) is 0.697. The van der Waals surface area contributed by atoms with Crippen LogP contribution in [-0.4, -0.2) is 22.4 Å². The van der Waals surface area contributed by atoms with Gasteiger partial charge in [0.1, 0.15) is 0 Å². The summed E-state index contributed by atoms with van der Waals surface area (Å²) in [5.41, 5.74) is 0.862. The molecule has 0 unspecified atom stereocenters. The van der Waals surface area contributed by atoms with E-state index in [1.165, 1.54) is 0 Å². The number of hydrogen-bond donors (Lipinski definition) is 0. The third-order valence-electron chi connectivity index (χ3n) is 2.32.